The number of amides is 1. The maximum Gasteiger partial charge on any atom is 0.255 e. The Morgan fingerprint density at radius 3 is 3.00 bits per heavy atom. The molecule has 1 amide bonds. The molecule has 7 nitrogen and oxygen atoms in total. The summed E-state index contributed by atoms with van der Waals surface area (Å²) in [5.74, 6) is 0.00320. The SMILES string of the molecule is Cc1cn2cc(C(=O)N3CCCn4nc(CO)cc4C3)ccc2n1. The minimum atomic E-state index is -0.0788. The van der Waals surface area contributed by atoms with Gasteiger partial charge in [-0.2, -0.15) is 5.10 Å². The second kappa shape index (κ2) is 5.76. The molecule has 1 aliphatic heterocycles. The molecule has 0 atom stereocenters. The Morgan fingerprint density at radius 1 is 1.29 bits per heavy atom. The Hall–Kier alpha value is -2.67. The average molecular weight is 325 g/mol. The minimum absolute atomic E-state index is 0.00320. The zero-order valence-electron chi connectivity index (χ0n) is 13.5. The van der Waals surface area contributed by atoms with Crippen LogP contribution in [-0.4, -0.2) is 41.6 Å². The monoisotopic (exact) mass is 325 g/mol. The standard InChI is InChI=1S/C17H19N5O2/c1-12-8-21-9-13(3-4-16(21)18-12)17(24)20-5-2-6-22-15(10-20)7-14(11-23)19-22/h3-4,7-9,23H,2,5-6,10-11H2,1H3. The Labute approximate surface area is 139 Å². The van der Waals surface area contributed by atoms with Gasteiger partial charge in [-0.05, 0) is 31.5 Å². The van der Waals surface area contributed by atoms with E-state index >= 15 is 0 Å². The molecule has 3 aromatic heterocycles. The summed E-state index contributed by atoms with van der Waals surface area (Å²) in [5.41, 5.74) is 4.02. The molecule has 1 N–H and O–H groups in total. The lowest BCUT2D eigenvalue weighted by atomic mass is 10.2. The van der Waals surface area contributed by atoms with Crippen molar-refractivity contribution in [3.05, 3.63) is 53.2 Å². The van der Waals surface area contributed by atoms with Crippen molar-refractivity contribution < 1.29 is 9.90 Å². The Kier molecular flexibility index (Phi) is 3.57. The molecule has 0 unspecified atom stereocenters. The Bertz CT molecular complexity index is 911. The van der Waals surface area contributed by atoms with Gasteiger partial charge >= 0.3 is 0 Å². The summed E-state index contributed by atoms with van der Waals surface area (Å²) in [6.45, 7) is 3.82. The van der Waals surface area contributed by atoms with Gasteiger partial charge in [-0.3, -0.25) is 9.48 Å². The van der Waals surface area contributed by atoms with E-state index in [1.54, 1.807) is 0 Å². The first kappa shape index (κ1) is 14.9. The lowest BCUT2D eigenvalue weighted by molar-refractivity contribution is 0.0745. The summed E-state index contributed by atoms with van der Waals surface area (Å²) in [4.78, 5) is 19.1. The Balaban J connectivity index is 1.62. The van der Waals surface area contributed by atoms with Gasteiger partial charge in [-0.25, -0.2) is 4.98 Å². The number of aliphatic hydroxyl groups is 1. The number of nitrogens with zero attached hydrogens (tertiary/aromatic N) is 5. The molecule has 3 aromatic rings. The van der Waals surface area contributed by atoms with Crippen molar-refractivity contribution in [2.45, 2.75) is 33.0 Å². The van der Waals surface area contributed by atoms with Crippen LogP contribution in [0.25, 0.3) is 5.65 Å². The van der Waals surface area contributed by atoms with Crippen LogP contribution in [0, 0.1) is 6.92 Å². The smallest absolute Gasteiger partial charge is 0.255 e. The van der Waals surface area contributed by atoms with Crippen LogP contribution in [0.2, 0.25) is 0 Å². The number of aliphatic hydroxyl groups excluding tert-OH is 1. The maximum atomic E-state index is 12.9. The first-order valence-electron chi connectivity index (χ1n) is 8.05. The van der Waals surface area contributed by atoms with E-state index in [1.165, 1.54) is 0 Å². The summed E-state index contributed by atoms with van der Waals surface area (Å²) in [6.07, 6.45) is 4.59. The highest BCUT2D eigenvalue weighted by Gasteiger charge is 2.22. The van der Waals surface area contributed by atoms with E-state index in [2.05, 4.69) is 10.1 Å². The Morgan fingerprint density at radius 2 is 2.17 bits per heavy atom. The molecule has 4 rings (SSSR count). The molecule has 4 heterocycles. The lowest BCUT2D eigenvalue weighted by Crippen LogP contribution is -2.30. The summed E-state index contributed by atoms with van der Waals surface area (Å²) in [5, 5.41) is 13.6. The van der Waals surface area contributed by atoms with E-state index in [9.17, 15) is 9.90 Å². The lowest BCUT2D eigenvalue weighted by Gasteiger charge is -2.20. The average Bonchev–Trinajstić information content (AvgIpc) is 3.09. The first-order valence-corrected chi connectivity index (χ1v) is 8.05. The molecule has 1 aliphatic rings. The van der Waals surface area contributed by atoms with Crippen molar-refractivity contribution in [2.24, 2.45) is 0 Å². The topological polar surface area (TPSA) is 75.7 Å². The van der Waals surface area contributed by atoms with E-state index in [0.29, 0.717) is 24.3 Å². The second-order valence-corrected chi connectivity index (χ2v) is 6.15. The van der Waals surface area contributed by atoms with Crippen molar-refractivity contribution in [2.75, 3.05) is 6.54 Å². The van der Waals surface area contributed by atoms with E-state index in [0.717, 1.165) is 30.0 Å². The van der Waals surface area contributed by atoms with Gasteiger partial charge in [0.05, 0.1) is 35.8 Å². The van der Waals surface area contributed by atoms with Crippen LogP contribution in [0.5, 0.6) is 0 Å². The van der Waals surface area contributed by atoms with Gasteiger partial charge in [0.1, 0.15) is 5.65 Å². The summed E-state index contributed by atoms with van der Waals surface area (Å²) >= 11 is 0. The van der Waals surface area contributed by atoms with E-state index < -0.39 is 0 Å². The van der Waals surface area contributed by atoms with E-state index in [-0.39, 0.29) is 12.5 Å². The van der Waals surface area contributed by atoms with Gasteiger partial charge in [0.2, 0.25) is 0 Å². The zero-order valence-corrected chi connectivity index (χ0v) is 13.5. The third kappa shape index (κ3) is 2.56. The van der Waals surface area contributed by atoms with Crippen molar-refractivity contribution in [3.63, 3.8) is 0 Å². The number of imidazole rings is 1. The maximum absolute atomic E-state index is 12.9. The second-order valence-electron chi connectivity index (χ2n) is 6.15. The highest BCUT2D eigenvalue weighted by molar-refractivity contribution is 5.94. The number of carbonyl (C=O) groups excluding carboxylic acids is 1. The summed E-state index contributed by atoms with van der Waals surface area (Å²) in [6, 6.07) is 5.56. The van der Waals surface area contributed by atoms with Crippen LogP contribution >= 0.6 is 0 Å². The molecule has 7 heteroatoms. The predicted molar refractivity (Wildman–Crippen MR) is 87.4 cm³/mol. The van der Waals surface area contributed by atoms with Crippen LogP contribution in [0.4, 0.5) is 0 Å². The molecular formula is C17H19N5O2. The van der Waals surface area contributed by atoms with Gasteiger partial charge in [0.25, 0.3) is 5.91 Å². The number of aromatic nitrogens is 4. The number of fused-ring (bicyclic) bond motifs is 2. The molecule has 0 bridgehead atoms. The fourth-order valence-electron chi connectivity index (χ4n) is 3.20. The van der Waals surface area contributed by atoms with Crippen LogP contribution < -0.4 is 0 Å². The molecule has 0 aromatic carbocycles. The predicted octanol–water partition coefficient (Wildman–Crippen LogP) is 1.38. The summed E-state index contributed by atoms with van der Waals surface area (Å²) < 4.78 is 3.77. The molecule has 24 heavy (non-hydrogen) atoms. The van der Waals surface area contributed by atoms with E-state index in [4.69, 9.17) is 0 Å². The normalized spacial score (nSPS) is 14.7. The van der Waals surface area contributed by atoms with Gasteiger partial charge in [-0.1, -0.05) is 0 Å². The molecular weight excluding hydrogens is 306 g/mol. The number of hydrogen-bond donors (Lipinski definition) is 1. The van der Waals surface area contributed by atoms with Crippen LogP contribution in [0.3, 0.4) is 0 Å². The fraction of sp³-hybridized carbons (Fsp3) is 0.353. The molecule has 0 aliphatic carbocycles. The van der Waals surface area contributed by atoms with Crippen LogP contribution in [0.15, 0.2) is 30.6 Å². The van der Waals surface area contributed by atoms with Gasteiger partial charge in [0, 0.05) is 25.5 Å². The van der Waals surface area contributed by atoms with Crippen molar-refractivity contribution in [1.82, 2.24) is 24.1 Å². The highest BCUT2D eigenvalue weighted by atomic mass is 16.3. The first-order chi connectivity index (χ1) is 11.6. The number of pyridine rings is 1. The van der Waals surface area contributed by atoms with Gasteiger partial charge in [-0.15, -0.1) is 0 Å². The zero-order chi connectivity index (χ0) is 16.7. The quantitative estimate of drug-likeness (QED) is 0.772. The van der Waals surface area contributed by atoms with E-state index in [1.807, 2.05) is 51.5 Å². The third-order valence-corrected chi connectivity index (χ3v) is 4.33. The van der Waals surface area contributed by atoms with Gasteiger partial charge in [0.15, 0.2) is 0 Å². The molecule has 124 valence electrons. The van der Waals surface area contributed by atoms with Crippen LogP contribution in [-0.2, 0) is 19.7 Å². The number of rotatable bonds is 2. The molecule has 0 saturated heterocycles. The highest BCUT2D eigenvalue weighted by Crippen LogP contribution is 2.17. The minimum Gasteiger partial charge on any atom is -0.390 e. The molecule has 0 spiro atoms. The fourth-order valence-corrected chi connectivity index (χ4v) is 3.20. The molecule has 0 fully saturated rings. The van der Waals surface area contributed by atoms with Crippen LogP contribution in [0.1, 0.15) is 33.9 Å². The summed E-state index contributed by atoms with van der Waals surface area (Å²) in [7, 11) is 0. The number of hydrogen-bond acceptors (Lipinski definition) is 4. The third-order valence-electron chi connectivity index (χ3n) is 4.33. The molecule has 0 saturated carbocycles. The largest absolute Gasteiger partial charge is 0.390 e. The van der Waals surface area contributed by atoms with Crippen molar-refractivity contribution in [3.8, 4) is 0 Å². The number of aryl methyl sites for hydroxylation is 2. The molecule has 0 radical (unpaired) electrons. The van der Waals surface area contributed by atoms with Gasteiger partial charge < -0.3 is 14.4 Å². The number of carbonyl (C=O) groups is 1. The van der Waals surface area contributed by atoms with Crippen molar-refractivity contribution in [1.29, 1.82) is 0 Å². The van der Waals surface area contributed by atoms with Crippen molar-refractivity contribution >= 4 is 11.6 Å².